The van der Waals surface area contributed by atoms with Crippen molar-refractivity contribution in [1.29, 1.82) is 0 Å². The Morgan fingerprint density at radius 3 is 2.88 bits per heavy atom. The maximum Gasteiger partial charge on any atom is 0.186 e. The highest BCUT2D eigenvalue weighted by atomic mass is 32.1. The number of nitrogens with one attached hydrogen (secondary N) is 3. The first-order chi connectivity index (χ1) is 12.7. The van der Waals surface area contributed by atoms with Gasteiger partial charge in [-0.3, -0.25) is 5.43 Å². The molecule has 8 heteroatoms. The van der Waals surface area contributed by atoms with Crippen LogP contribution in [0, 0.1) is 0 Å². The Balaban J connectivity index is 1.67. The molecule has 1 aliphatic heterocycles. The number of hydrazone groups is 1. The lowest BCUT2D eigenvalue weighted by molar-refractivity contribution is -0.908. The Bertz CT molecular complexity index is 592. The zero-order chi connectivity index (χ0) is 18.6. The lowest BCUT2D eigenvalue weighted by Gasteiger charge is -2.23. The summed E-state index contributed by atoms with van der Waals surface area (Å²) >= 11 is 5.24. The van der Waals surface area contributed by atoms with Crippen LogP contribution >= 0.6 is 12.2 Å². The van der Waals surface area contributed by atoms with Crippen LogP contribution in [0.5, 0.6) is 11.5 Å². The average Bonchev–Trinajstić information content (AvgIpc) is 2.67. The first-order valence-electron chi connectivity index (χ1n) is 9.02. The molecule has 0 amide bonds. The van der Waals surface area contributed by atoms with E-state index in [1.807, 2.05) is 25.1 Å². The van der Waals surface area contributed by atoms with Gasteiger partial charge in [0.05, 0.1) is 39.7 Å². The van der Waals surface area contributed by atoms with E-state index in [0.29, 0.717) is 17.5 Å². The molecular weight excluding hydrogens is 352 g/mol. The second-order valence-corrected chi connectivity index (χ2v) is 6.34. The highest BCUT2D eigenvalue weighted by Crippen LogP contribution is 2.27. The lowest BCUT2D eigenvalue weighted by Crippen LogP contribution is -3.14. The summed E-state index contributed by atoms with van der Waals surface area (Å²) in [6.07, 6.45) is 2.76. The van der Waals surface area contributed by atoms with E-state index in [0.717, 1.165) is 57.1 Å². The van der Waals surface area contributed by atoms with E-state index in [-0.39, 0.29) is 0 Å². The first kappa shape index (κ1) is 20.4. The standard InChI is InChI=1S/C18H28N4O3S/c1-3-25-16-6-5-15(13-17(16)23-2)14-20-21-18(26)19-7-4-8-22-9-11-24-12-10-22/h5-6,13-14H,3-4,7-12H2,1-2H3,(H2,19,21,26)/p+1/b20-14-. The van der Waals surface area contributed by atoms with Crippen molar-refractivity contribution in [3.8, 4) is 11.5 Å². The number of hydrogen-bond acceptors (Lipinski definition) is 5. The van der Waals surface area contributed by atoms with Crippen molar-refractivity contribution < 1.29 is 19.1 Å². The summed E-state index contributed by atoms with van der Waals surface area (Å²) in [6.45, 7) is 8.43. The number of hydrogen-bond donors (Lipinski definition) is 3. The van der Waals surface area contributed by atoms with Crippen LogP contribution in [-0.2, 0) is 4.74 Å². The van der Waals surface area contributed by atoms with Gasteiger partial charge in [-0.05, 0) is 42.9 Å². The summed E-state index contributed by atoms with van der Waals surface area (Å²) in [5, 5.41) is 7.86. The fourth-order valence-electron chi connectivity index (χ4n) is 2.69. The van der Waals surface area contributed by atoms with Crippen LogP contribution in [0.3, 0.4) is 0 Å². The van der Waals surface area contributed by atoms with E-state index < -0.39 is 0 Å². The third kappa shape index (κ3) is 7.15. The third-order valence-corrected chi connectivity index (χ3v) is 4.30. The fraction of sp³-hybridized carbons (Fsp3) is 0.556. The first-order valence-corrected chi connectivity index (χ1v) is 9.42. The molecule has 0 spiro atoms. The quantitative estimate of drug-likeness (QED) is 0.246. The minimum atomic E-state index is 0.524. The van der Waals surface area contributed by atoms with Crippen molar-refractivity contribution in [2.75, 3.05) is 53.1 Å². The minimum Gasteiger partial charge on any atom is -0.493 e. The Kier molecular flexibility index (Phi) is 9.16. The van der Waals surface area contributed by atoms with Gasteiger partial charge >= 0.3 is 0 Å². The zero-order valence-electron chi connectivity index (χ0n) is 15.5. The average molecular weight is 382 g/mol. The molecule has 1 aromatic rings. The number of methoxy groups -OCH3 is 1. The lowest BCUT2D eigenvalue weighted by atomic mass is 10.2. The second-order valence-electron chi connectivity index (χ2n) is 5.94. The molecular formula is C18H29N4O3S+. The Morgan fingerprint density at radius 2 is 2.15 bits per heavy atom. The van der Waals surface area contributed by atoms with E-state index >= 15 is 0 Å². The number of thiocarbonyl (C=S) groups is 1. The van der Waals surface area contributed by atoms with E-state index in [1.54, 1.807) is 18.2 Å². The number of nitrogens with zero attached hydrogens (tertiary/aromatic N) is 1. The molecule has 0 radical (unpaired) electrons. The predicted octanol–water partition coefficient (Wildman–Crippen LogP) is 0.197. The summed E-state index contributed by atoms with van der Waals surface area (Å²) in [6, 6.07) is 5.66. The number of quaternary nitrogens is 1. The van der Waals surface area contributed by atoms with Gasteiger partial charge in [-0.1, -0.05) is 0 Å². The molecule has 1 aromatic carbocycles. The molecule has 7 nitrogen and oxygen atoms in total. The Hall–Kier alpha value is -1.90. The third-order valence-electron chi connectivity index (χ3n) is 4.06. The van der Waals surface area contributed by atoms with Crippen LogP contribution in [0.2, 0.25) is 0 Å². The minimum absolute atomic E-state index is 0.524. The molecule has 0 atom stereocenters. The molecule has 1 fully saturated rings. The zero-order valence-corrected chi connectivity index (χ0v) is 16.4. The van der Waals surface area contributed by atoms with Crippen molar-refractivity contribution in [2.24, 2.45) is 5.10 Å². The van der Waals surface area contributed by atoms with Gasteiger partial charge in [0.15, 0.2) is 16.6 Å². The molecule has 1 heterocycles. The van der Waals surface area contributed by atoms with Crippen LogP contribution in [0.1, 0.15) is 18.9 Å². The van der Waals surface area contributed by atoms with Crippen LogP contribution in [0.4, 0.5) is 0 Å². The molecule has 0 aliphatic carbocycles. The van der Waals surface area contributed by atoms with E-state index in [4.69, 9.17) is 26.4 Å². The van der Waals surface area contributed by atoms with Gasteiger partial charge in [-0.25, -0.2) is 0 Å². The Morgan fingerprint density at radius 1 is 1.35 bits per heavy atom. The highest BCUT2D eigenvalue weighted by Gasteiger charge is 2.12. The number of morpholine rings is 1. The van der Waals surface area contributed by atoms with Crippen molar-refractivity contribution >= 4 is 23.5 Å². The van der Waals surface area contributed by atoms with Crippen LogP contribution in [-0.4, -0.2) is 64.4 Å². The topological polar surface area (TPSA) is 68.5 Å². The summed E-state index contributed by atoms with van der Waals surface area (Å²) < 4.78 is 16.2. The largest absolute Gasteiger partial charge is 0.493 e. The SMILES string of the molecule is CCOc1ccc(/C=N\NC(=S)NCCC[NH+]2CCOCC2)cc1OC. The number of ether oxygens (including phenoxy) is 3. The Labute approximate surface area is 160 Å². The maximum absolute atomic E-state index is 5.50. The molecule has 0 aromatic heterocycles. The molecule has 0 bridgehead atoms. The number of benzene rings is 1. The van der Waals surface area contributed by atoms with Gasteiger partial charge in [0.25, 0.3) is 0 Å². The summed E-state index contributed by atoms with van der Waals surface area (Å²) in [7, 11) is 1.62. The van der Waals surface area contributed by atoms with Gasteiger partial charge in [0.1, 0.15) is 13.1 Å². The van der Waals surface area contributed by atoms with Crippen LogP contribution < -0.4 is 25.1 Å². The van der Waals surface area contributed by atoms with Crippen LogP contribution in [0.15, 0.2) is 23.3 Å². The summed E-state index contributed by atoms with van der Waals surface area (Å²) in [5.74, 6) is 1.40. The molecule has 3 N–H and O–H groups in total. The summed E-state index contributed by atoms with van der Waals surface area (Å²) in [5.41, 5.74) is 3.74. The summed E-state index contributed by atoms with van der Waals surface area (Å²) in [4.78, 5) is 1.60. The van der Waals surface area contributed by atoms with Crippen molar-refractivity contribution in [2.45, 2.75) is 13.3 Å². The fourth-order valence-corrected chi connectivity index (χ4v) is 2.85. The van der Waals surface area contributed by atoms with Crippen molar-refractivity contribution in [1.82, 2.24) is 10.7 Å². The second kappa shape index (κ2) is 11.7. The van der Waals surface area contributed by atoms with E-state index in [2.05, 4.69) is 15.8 Å². The molecule has 26 heavy (non-hydrogen) atoms. The van der Waals surface area contributed by atoms with Gasteiger partial charge in [-0.15, -0.1) is 0 Å². The normalized spacial score (nSPS) is 15.0. The van der Waals surface area contributed by atoms with Crippen LogP contribution in [0.25, 0.3) is 0 Å². The van der Waals surface area contributed by atoms with E-state index in [1.165, 1.54) is 0 Å². The van der Waals surface area contributed by atoms with Gasteiger partial charge in [0.2, 0.25) is 0 Å². The van der Waals surface area contributed by atoms with Gasteiger partial charge in [-0.2, -0.15) is 5.10 Å². The molecule has 0 saturated carbocycles. The van der Waals surface area contributed by atoms with Gasteiger partial charge < -0.3 is 24.4 Å². The monoisotopic (exact) mass is 381 g/mol. The predicted molar refractivity (Wildman–Crippen MR) is 106 cm³/mol. The molecule has 1 saturated heterocycles. The van der Waals surface area contributed by atoms with E-state index in [9.17, 15) is 0 Å². The molecule has 144 valence electrons. The number of rotatable bonds is 9. The van der Waals surface area contributed by atoms with Gasteiger partial charge in [0, 0.05) is 13.0 Å². The molecule has 0 unspecified atom stereocenters. The van der Waals surface area contributed by atoms with Crippen molar-refractivity contribution in [3.05, 3.63) is 23.8 Å². The smallest absolute Gasteiger partial charge is 0.186 e. The highest BCUT2D eigenvalue weighted by molar-refractivity contribution is 7.80. The maximum atomic E-state index is 5.50. The van der Waals surface area contributed by atoms with Crippen molar-refractivity contribution in [3.63, 3.8) is 0 Å². The molecule has 1 aliphatic rings. The molecule has 2 rings (SSSR count).